The Bertz CT molecular complexity index is 681. The number of amides is 1. The molecular weight excluding hydrogens is 283 g/mol. The zero-order valence-electron chi connectivity index (χ0n) is 12.5. The Labute approximate surface area is 128 Å². The normalized spacial score (nSPS) is 11.1. The zero-order valence-corrected chi connectivity index (χ0v) is 12.5. The quantitative estimate of drug-likeness (QED) is 0.681. The molecule has 0 atom stereocenters. The maximum absolute atomic E-state index is 13.3. The van der Waals surface area contributed by atoms with E-state index >= 15 is 0 Å². The average molecular weight is 300 g/mol. The summed E-state index contributed by atoms with van der Waals surface area (Å²) in [4.78, 5) is 11.7. The first-order chi connectivity index (χ1) is 10.6. The molecular formula is C17H17FN2O2. The van der Waals surface area contributed by atoms with E-state index < -0.39 is 11.7 Å². The molecule has 0 fully saturated rings. The number of rotatable bonds is 5. The van der Waals surface area contributed by atoms with Crippen LogP contribution >= 0.6 is 0 Å². The van der Waals surface area contributed by atoms with Crippen molar-refractivity contribution < 1.29 is 13.9 Å². The topological polar surface area (TPSA) is 50.7 Å². The van der Waals surface area contributed by atoms with Crippen molar-refractivity contribution in [1.82, 2.24) is 5.43 Å². The summed E-state index contributed by atoms with van der Waals surface area (Å²) in [6.45, 7) is 3.49. The number of hydrogen-bond donors (Lipinski definition) is 1. The summed E-state index contributed by atoms with van der Waals surface area (Å²) >= 11 is 0. The van der Waals surface area contributed by atoms with Gasteiger partial charge in [0.2, 0.25) is 0 Å². The predicted octanol–water partition coefficient (Wildman–Crippen LogP) is 3.05. The third-order valence-corrected chi connectivity index (χ3v) is 3.01. The van der Waals surface area contributed by atoms with Gasteiger partial charge in [-0.15, -0.1) is 0 Å². The summed E-state index contributed by atoms with van der Waals surface area (Å²) in [5, 5.41) is 4.00. The first-order valence-electron chi connectivity index (χ1n) is 6.84. The Hall–Kier alpha value is -2.69. The lowest BCUT2D eigenvalue weighted by atomic mass is 10.1. The number of carbonyl (C=O) groups is 1. The Balaban J connectivity index is 1.88. The molecule has 0 aromatic heterocycles. The lowest BCUT2D eigenvalue weighted by molar-refractivity contribution is -0.123. The molecule has 0 aliphatic rings. The van der Waals surface area contributed by atoms with Gasteiger partial charge >= 0.3 is 0 Å². The van der Waals surface area contributed by atoms with E-state index in [0.717, 1.165) is 11.1 Å². The maximum Gasteiger partial charge on any atom is 0.277 e. The van der Waals surface area contributed by atoms with Crippen molar-refractivity contribution in [1.29, 1.82) is 0 Å². The highest BCUT2D eigenvalue weighted by atomic mass is 19.1. The van der Waals surface area contributed by atoms with Crippen LogP contribution in [-0.4, -0.2) is 18.2 Å². The van der Waals surface area contributed by atoms with Gasteiger partial charge in [-0.1, -0.05) is 42.0 Å². The molecule has 2 aromatic carbocycles. The van der Waals surface area contributed by atoms with E-state index in [9.17, 15) is 9.18 Å². The van der Waals surface area contributed by atoms with Gasteiger partial charge in [-0.05, 0) is 31.5 Å². The van der Waals surface area contributed by atoms with E-state index in [1.165, 1.54) is 12.1 Å². The van der Waals surface area contributed by atoms with Crippen LogP contribution < -0.4 is 10.2 Å². The van der Waals surface area contributed by atoms with E-state index in [0.29, 0.717) is 5.71 Å². The highest BCUT2D eigenvalue weighted by Crippen LogP contribution is 2.14. The zero-order chi connectivity index (χ0) is 15.9. The molecule has 22 heavy (non-hydrogen) atoms. The fraction of sp³-hybridized carbons (Fsp3) is 0.176. The molecule has 0 saturated carbocycles. The van der Waals surface area contributed by atoms with E-state index in [1.54, 1.807) is 19.1 Å². The smallest absolute Gasteiger partial charge is 0.277 e. The SMILES string of the molecule is C/C(=N/NC(=O)COc1ccccc1F)c1ccc(C)cc1. The van der Waals surface area contributed by atoms with Crippen LogP contribution in [0.15, 0.2) is 53.6 Å². The lowest BCUT2D eigenvalue weighted by Crippen LogP contribution is -2.25. The molecule has 1 amide bonds. The van der Waals surface area contributed by atoms with Gasteiger partial charge in [0, 0.05) is 0 Å². The number of hydrazone groups is 1. The van der Waals surface area contributed by atoms with Gasteiger partial charge in [0.15, 0.2) is 18.2 Å². The Morgan fingerprint density at radius 1 is 1.18 bits per heavy atom. The van der Waals surface area contributed by atoms with E-state index in [2.05, 4.69) is 10.5 Å². The van der Waals surface area contributed by atoms with Crippen molar-refractivity contribution in [3.8, 4) is 5.75 Å². The van der Waals surface area contributed by atoms with Crippen LogP contribution in [0.2, 0.25) is 0 Å². The summed E-state index contributed by atoms with van der Waals surface area (Å²) in [5.74, 6) is -0.916. The molecule has 0 heterocycles. The molecule has 2 aromatic rings. The molecule has 1 N–H and O–H groups in total. The second-order valence-corrected chi connectivity index (χ2v) is 4.82. The van der Waals surface area contributed by atoms with E-state index in [1.807, 2.05) is 31.2 Å². The molecule has 0 saturated heterocycles. The highest BCUT2D eigenvalue weighted by Gasteiger charge is 2.06. The first-order valence-corrected chi connectivity index (χ1v) is 6.84. The molecule has 0 spiro atoms. The molecule has 0 unspecified atom stereocenters. The van der Waals surface area contributed by atoms with Gasteiger partial charge in [0.25, 0.3) is 5.91 Å². The maximum atomic E-state index is 13.3. The van der Waals surface area contributed by atoms with Gasteiger partial charge in [-0.3, -0.25) is 4.79 Å². The van der Waals surface area contributed by atoms with Crippen molar-refractivity contribution in [2.75, 3.05) is 6.61 Å². The van der Waals surface area contributed by atoms with Gasteiger partial charge < -0.3 is 4.74 Å². The molecule has 4 nitrogen and oxygen atoms in total. The van der Waals surface area contributed by atoms with Crippen LogP contribution in [0.25, 0.3) is 0 Å². The number of para-hydroxylation sites is 1. The van der Waals surface area contributed by atoms with Crippen molar-refractivity contribution >= 4 is 11.6 Å². The lowest BCUT2D eigenvalue weighted by Gasteiger charge is -2.06. The van der Waals surface area contributed by atoms with Crippen LogP contribution in [0.5, 0.6) is 5.75 Å². The van der Waals surface area contributed by atoms with Crippen LogP contribution in [0, 0.1) is 12.7 Å². The largest absolute Gasteiger partial charge is 0.481 e. The van der Waals surface area contributed by atoms with Crippen molar-refractivity contribution in [3.63, 3.8) is 0 Å². The first kappa shape index (κ1) is 15.7. The molecule has 0 aliphatic carbocycles. The summed E-state index contributed by atoms with van der Waals surface area (Å²) in [6.07, 6.45) is 0. The summed E-state index contributed by atoms with van der Waals surface area (Å²) in [6, 6.07) is 13.7. The van der Waals surface area contributed by atoms with Crippen LogP contribution in [-0.2, 0) is 4.79 Å². The second-order valence-electron chi connectivity index (χ2n) is 4.82. The number of nitrogens with zero attached hydrogens (tertiary/aromatic N) is 1. The van der Waals surface area contributed by atoms with Crippen LogP contribution in [0.1, 0.15) is 18.1 Å². The third-order valence-electron chi connectivity index (χ3n) is 3.01. The monoisotopic (exact) mass is 300 g/mol. The second kappa shape index (κ2) is 7.36. The molecule has 2 rings (SSSR count). The molecule has 0 aliphatic heterocycles. The molecule has 0 radical (unpaired) electrons. The van der Waals surface area contributed by atoms with E-state index in [-0.39, 0.29) is 12.4 Å². The minimum atomic E-state index is -0.505. The Kier molecular flexibility index (Phi) is 5.25. The fourth-order valence-electron chi connectivity index (χ4n) is 1.74. The number of carbonyl (C=O) groups excluding carboxylic acids is 1. The number of benzene rings is 2. The van der Waals surface area contributed by atoms with Gasteiger partial charge in [-0.2, -0.15) is 5.10 Å². The number of hydrogen-bond acceptors (Lipinski definition) is 3. The van der Waals surface area contributed by atoms with Gasteiger partial charge in [0.1, 0.15) is 0 Å². The van der Waals surface area contributed by atoms with Gasteiger partial charge in [-0.25, -0.2) is 9.82 Å². The number of halogens is 1. The number of ether oxygens (including phenoxy) is 1. The minimum absolute atomic E-state index is 0.0388. The van der Waals surface area contributed by atoms with Crippen molar-refractivity contribution in [2.24, 2.45) is 5.10 Å². The van der Waals surface area contributed by atoms with Crippen molar-refractivity contribution in [3.05, 3.63) is 65.5 Å². The summed E-state index contributed by atoms with van der Waals surface area (Å²) in [5.41, 5.74) is 5.14. The number of nitrogens with one attached hydrogen (secondary N) is 1. The summed E-state index contributed by atoms with van der Waals surface area (Å²) < 4.78 is 18.4. The van der Waals surface area contributed by atoms with Crippen LogP contribution in [0.4, 0.5) is 4.39 Å². The molecule has 0 bridgehead atoms. The molecule has 5 heteroatoms. The Morgan fingerprint density at radius 2 is 1.86 bits per heavy atom. The fourth-order valence-corrected chi connectivity index (χ4v) is 1.74. The van der Waals surface area contributed by atoms with Gasteiger partial charge in [0.05, 0.1) is 5.71 Å². The third kappa shape index (κ3) is 4.41. The van der Waals surface area contributed by atoms with E-state index in [4.69, 9.17) is 4.74 Å². The highest BCUT2D eigenvalue weighted by molar-refractivity contribution is 5.99. The predicted molar refractivity (Wildman–Crippen MR) is 83.4 cm³/mol. The van der Waals surface area contributed by atoms with Crippen LogP contribution in [0.3, 0.4) is 0 Å². The summed E-state index contributed by atoms with van der Waals surface area (Å²) in [7, 11) is 0. The number of aryl methyl sites for hydroxylation is 1. The molecule has 114 valence electrons. The average Bonchev–Trinajstić information content (AvgIpc) is 2.52. The standard InChI is InChI=1S/C17H17FN2O2/c1-12-7-9-14(10-8-12)13(2)19-20-17(21)11-22-16-6-4-3-5-15(16)18/h3-10H,11H2,1-2H3,(H,20,21)/b19-13-. The van der Waals surface area contributed by atoms with Crippen molar-refractivity contribution in [2.45, 2.75) is 13.8 Å². The Morgan fingerprint density at radius 3 is 2.55 bits per heavy atom. The minimum Gasteiger partial charge on any atom is -0.481 e.